The van der Waals surface area contributed by atoms with Gasteiger partial charge in [0.2, 0.25) is 11.8 Å². The summed E-state index contributed by atoms with van der Waals surface area (Å²) < 4.78 is 13.1. The van der Waals surface area contributed by atoms with Gasteiger partial charge in [0.25, 0.3) is 0 Å². The molecule has 1 saturated heterocycles. The second-order valence-corrected chi connectivity index (χ2v) is 7.18. The maximum atomic E-state index is 13.1. The molecule has 2 aromatic rings. The van der Waals surface area contributed by atoms with Crippen molar-refractivity contribution < 1.29 is 14.0 Å². The van der Waals surface area contributed by atoms with E-state index in [0.29, 0.717) is 32.6 Å². The molecule has 2 heterocycles. The Hall–Kier alpha value is -2.28. The van der Waals surface area contributed by atoms with Gasteiger partial charge in [0.1, 0.15) is 10.8 Å². The molecule has 0 radical (unpaired) electrons. The first-order chi connectivity index (χ1) is 11.9. The maximum Gasteiger partial charge on any atom is 0.228 e. The standard InChI is InChI=1S/C18H20FN3O2S/c1-12-16(25-18(20-12)14-3-5-15(19)6-4-14)11-17(24)22-9-7-21(8-10-22)13(2)23/h3-6H,7-11H2,1-2H3. The molecule has 0 bridgehead atoms. The molecule has 0 atom stereocenters. The molecule has 1 aliphatic rings. The molecular weight excluding hydrogens is 341 g/mol. The zero-order chi connectivity index (χ0) is 18.0. The van der Waals surface area contributed by atoms with Gasteiger partial charge in [-0.2, -0.15) is 0 Å². The summed E-state index contributed by atoms with van der Waals surface area (Å²) in [6.45, 7) is 5.75. The minimum atomic E-state index is -0.280. The molecule has 1 aliphatic heterocycles. The fourth-order valence-corrected chi connectivity index (χ4v) is 3.89. The molecule has 1 aromatic heterocycles. The highest BCUT2D eigenvalue weighted by molar-refractivity contribution is 7.15. The van der Waals surface area contributed by atoms with Crippen molar-refractivity contribution in [2.24, 2.45) is 0 Å². The first-order valence-electron chi connectivity index (χ1n) is 8.19. The number of nitrogens with zero attached hydrogens (tertiary/aromatic N) is 3. The number of carbonyl (C=O) groups excluding carboxylic acids is 2. The minimum Gasteiger partial charge on any atom is -0.339 e. The van der Waals surface area contributed by atoms with Crippen molar-refractivity contribution in [3.63, 3.8) is 0 Å². The highest BCUT2D eigenvalue weighted by Gasteiger charge is 2.23. The number of halogens is 1. The van der Waals surface area contributed by atoms with Gasteiger partial charge in [-0.1, -0.05) is 0 Å². The van der Waals surface area contributed by atoms with Crippen LogP contribution in [0.25, 0.3) is 10.6 Å². The molecule has 7 heteroatoms. The van der Waals surface area contributed by atoms with E-state index in [-0.39, 0.29) is 17.6 Å². The SMILES string of the molecule is CC(=O)N1CCN(C(=O)Cc2sc(-c3ccc(F)cc3)nc2C)CC1. The zero-order valence-electron chi connectivity index (χ0n) is 14.3. The van der Waals surface area contributed by atoms with Crippen LogP contribution in [-0.4, -0.2) is 52.8 Å². The molecule has 0 spiro atoms. The van der Waals surface area contributed by atoms with E-state index in [1.54, 1.807) is 28.9 Å². The third-order valence-electron chi connectivity index (χ3n) is 4.37. The van der Waals surface area contributed by atoms with Crippen molar-refractivity contribution in [1.82, 2.24) is 14.8 Å². The highest BCUT2D eigenvalue weighted by Crippen LogP contribution is 2.28. The summed E-state index contributed by atoms with van der Waals surface area (Å²) in [4.78, 5) is 32.9. The monoisotopic (exact) mass is 361 g/mol. The maximum absolute atomic E-state index is 13.1. The van der Waals surface area contributed by atoms with E-state index >= 15 is 0 Å². The third kappa shape index (κ3) is 4.04. The molecule has 0 unspecified atom stereocenters. The number of hydrogen-bond donors (Lipinski definition) is 0. The molecule has 132 valence electrons. The van der Waals surface area contributed by atoms with E-state index in [1.165, 1.54) is 23.5 Å². The lowest BCUT2D eigenvalue weighted by Gasteiger charge is -2.34. The number of thiazole rings is 1. The lowest BCUT2D eigenvalue weighted by molar-refractivity contribution is -0.137. The van der Waals surface area contributed by atoms with Gasteiger partial charge < -0.3 is 9.80 Å². The molecule has 25 heavy (non-hydrogen) atoms. The molecule has 1 fully saturated rings. The molecule has 0 saturated carbocycles. The summed E-state index contributed by atoms with van der Waals surface area (Å²) in [6, 6.07) is 6.21. The van der Waals surface area contributed by atoms with E-state index in [0.717, 1.165) is 21.1 Å². The molecule has 5 nitrogen and oxygen atoms in total. The topological polar surface area (TPSA) is 53.5 Å². The Labute approximate surface area is 150 Å². The molecule has 3 rings (SSSR count). The Morgan fingerprint density at radius 3 is 2.32 bits per heavy atom. The second kappa shape index (κ2) is 7.31. The smallest absolute Gasteiger partial charge is 0.228 e. The van der Waals surface area contributed by atoms with Crippen molar-refractivity contribution >= 4 is 23.2 Å². The number of aromatic nitrogens is 1. The Morgan fingerprint density at radius 2 is 1.72 bits per heavy atom. The van der Waals surface area contributed by atoms with Gasteiger partial charge >= 0.3 is 0 Å². The van der Waals surface area contributed by atoms with Gasteiger partial charge in [-0.3, -0.25) is 9.59 Å². The quantitative estimate of drug-likeness (QED) is 0.844. The van der Waals surface area contributed by atoms with Gasteiger partial charge in [-0.15, -0.1) is 11.3 Å². The van der Waals surface area contributed by atoms with Crippen LogP contribution < -0.4 is 0 Å². The number of aryl methyl sites for hydroxylation is 1. The fourth-order valence-electron chi connectivity index (χ4n) is 2.83. The summed E-state index contributed by atoms with van der Waals surface area (Å²) in [5, 5.41) is 0.793. The zero-order valence-corrected chi connectivity index (χ0v) is 15.1. The Balaban J connectivity index is 1.66. The molecular formula is C18H20FN3O2S. The van der Waals surface area contributed by atoms with Crippen LogP contribution in [0.4, 0.5) is 4.39 Å². The van der Waals surface area contributed by atoms with Gasteiger partial charge in [0, 0.05) is 43.5 Å². The van der Waals surface area contributed by atoms with Crippen LogP contribution in [-0.2, 0) is 16.0 Å². The lowest BCUT2D eigenvalue weighted by Crippen LogP contribution is -2.50. The average molecular weight is 361 g/mol. The van der Waals surface area contributed by atoms with Gasteiger partial charge in [-0.25, -0.2) is 9.37 Å². The highest BCUT2D eigenvalue weighted by atomic mass is 32.1. The van der Waals surface area contributed by atoms with Gasteiger partial charge in [0.05, 0.1) is 12.1 Å². The van der Waals surface area contributed by atoms with Crippen LogP contribution in [0.15, 0.2) is 24.3 Å². The van der Waals surface area contributed by atoms with Crippen molar-refractivity contribution in [2.45, 2.75) is 20.3 Å². The Kier molecular flexibility index (Phi) is 5.13. The van der Waals surface area contributed by atoms with Crippen molar-refractivity contribution in [2.75, 3.05) is 26.2 Å². The van der Waals surface area contributed by atoms with E-state index in [1.807, 2.05) is 6.92 Å². The first kappa shape index (κ1) is 17.5. The average Bonchev–Trinajstić information content (AvgIpc) is 2.96. The first-order valence-corrected chi connectivity index (χ1v) is 9.01. The summed E-state index contributed by atoms with van der Waals surface area (Å²) in [5.41, 5.74) is 1.68. The van der Waals surface area contributed by atoms with Crippen LogP contribution in [0.1, 0.15) is 17.5 Å². The van der Waals surface area contributed by atoms with Crippen LogP contribution in [0, 0.1) is 12.7 Å². The van der Waals surface area contributed by atoms with Gasteiger partial charge in [0.15, 0.2) is 0 Å². The number of hydrogen-bond acceptors (Lipinski definition) is 4. The minimum absolute atomic E-state index is 0.0503. The van der Waals surface area contributed by atoms with Crippen molar-refractivity contribution in [1.29, 1.82) is 0 Å². The third-order valence-corrected chi connectivity index (χ3v) is 5.58. The largest absolute Gasteiger partial charge is 0.339 e. The number of carbonyl (C=O) groups is 2. The summed E-state index contributed by atoms with van der Waals surface area (Å²) in [6.07, 6.45) is 0.310. The Morgan fingerprint density at radius 1 is 1.12 bits per heavy atom. The predicted octanol–water partition coefficient (Wildman–Crippen LogP) is 2.49. The van der Waals surface area contributed by atoms with E-state index in [4.69, 9.17) is 0 Å². The van der Waals surface area contributed by atoms with Gasteiger partial charge in [-0.05, 0) is 31.2 Å². The fraction of sp³-hybridized carbons (Fsp3) is 0.389. The second-order valence-electron chi connectivity index (χ2n) is 6.10. The van der Waals surface area contributed by atoms with E-state index in [9.17, 15) is 14.0 Å². The normalized spacial score (nSPS) is 14.7. The van der Waals surface area contributed by atoms with E-state index < -0.39 is 0 Å². The van der Waals surface area contributed by atoms with Crippen LogP contribution in [0.5, 0.6) is 0 Å². The lowest BCUT2D eigenvalue weighted by atomic mass is 10.2. The number of amides is 2. The number of benzene rings is 1. The summed E-state index contributed by atoms with van der Waals surface area (Å²) in [5.74, 6) is -0.174. The molecule has 0 N–H and O–H groups in total. The van der Waals surface area contributed by atoms with Crippen LogP contribution in [0.2, 0.25) is 0 Å². The Bertz CT molecular complexity index is 780. The molecule has 2 amide bonds. The number of rotatable bonds is 3. The predicted molar refractivity (Wildman–Crippen MR) is 94.8 cm³/mol. The van der Waals surface area contributed by atoms with Crippen LogP contribution in [0.3, 0.4) is 0 Å². The number of piperazine rings is 1. The summed E-state index contributed by atoms with van der Waals surface area (Å²) >= 11 is 1.47. The molecule has 1 aromatic carbocycles. The van der Waals surface area contributed by atoms with E-state index in [2.05, 4.69) is 4.98 Å². The van der Waals surface area contributed by atoms with Crippen molar-refractivity contribution in [3.8, 4) is 10.6 Å². The van der Waals surface area contributed by atoms with Crippen LogP contribution >= 0.6 is 11.3 Å². The van der Waals surface area contributed by atoms with Crippen molar-refractivity contribution in [3.05, 3.63) is 40.7 Å². The molecule has 0 aliphatic carbocycles. The summed E-state index contributed by atoms with van der Waals surface area (Å²) in [7, 11) is 0.